The van der Waals surface area contributed by atoms with Gasteiger partial charge in [-0.05, 0) is 24.3 Å². The summed E-state index contributed by atoms with van der Waals surface area (Å²) in [5, 5.41) is 11.3. The highest BCUT2D eigenvalue weighted by Crippen LogP contribution is 2.23. The first-order chi connectivity index (χ1) is 13.6. The van der Waals surface area contributed by atoms with Crippen LogP contribution in [0, 0.1) is 0 Å². The summed E-state index contributed by atoms with van der Waals surface area (Å²) in [7, 11) is 3.33. The molecule has 0 saturated carbocycles. The highest BCUT2D eigenvalue weighted by molar-refractivity contribution is 6.03. The Hall–Kier alpha value is -4.01. The molecule has 28 heavy (non-hydrogen) atoms. The largest absolute Gasteiger partial charge is 0.497 e. The maximum atomic E-state index is 12.6. The molecule has 4 rings (SSSR count). The molecule has 0 spiro atoms. The lowest BCUT2D eigenvalue weighted by atomic mass is 10.1. The van der Waals surface area contributed by atoms with Crippen molar-refractivity contribution in [3.63, 3.8) is 0 Å². The van der Waals surface area contributed by atoms with Crippen molar-refractivity contribution in [2.75, 3.05) is 12.4 Å². The fourth-order valence-electron chi connectivity index (χ4n) is 2.69. The fraction of sp³-hybridized carbons (Fsp3) is 0.105. The molecule has 9 nitrogen and oxygen atoms in total. The zero-order chi connectivity index (χ0) is 19.5. The molecule has 0 fully saturated rings. The number of rotatable bonds is 5. The highest BCUT2D eigenvalue weighted by Gasteiger charge is 2.15. The van der Waals surface area contributed by atoms with Crippen LogP contribution >= 0.6 is 0 Å². The molecule has 0 radical (unpaired) electrons. The van der Waals surface area contributed by atoms with Gasteiger partial charge in [0, 0.05) is 25.0 Å². The van der Waals surface area contributed by atoms with Gasteiger partial charge in [-0.15, -0.1) is 0 Å². The third-order valence-electron chi connectivity index (χ3n) is 4.08. The zero-order valence-corrected chi connectivity index (χ0v) is 15.3. The quantitative estimate of drug-likeness (QED) is 0.575. The minimum atomic E-state index is -0.306. The molecule has 1 N–H and O–H groups in total. The number of methoxy groups -OCH3 is 1. The van der Waals surface area contributed by atoms with Crippen LogP contribution in [0.2, 0.25) is 0 Å². The van der Waals surface area contributed by atoms with Crippen LogP contribution in [0.4, 0.5) is 5.69 Å². The number of carbonyl (C=O) groups is 1. The van der Waals surface area contributed by atoms with Gasteiger partial charge in [0.2, 0.25) is 0 Å². The first kappa shape index (κ1) is 17.4. The third kappa shape index (κ3) is 3.45. The van der Waals surface area contributed by atoms with Crippen LogP contribution in [0.3, 0.4) is 0 Å². The average molecular weight is 375 g/mol. The molecule has 0 saturated heterocycles. The Morgan fingerprint density at radius 1 is 1.14 bits per heavy atom. The van der Waals surface area contributed by atoms with E-state index in [4.69, 9.17) is 4.74 Å². The van der Waals surface area contributed by atoms with E-state index in [9.17, 15) is 4.79 Å². The summed E-state index contributed by atoms with van der Waals surface area (Å²) in [6, 6.07) is 11.0. The number of carbonyl (C=O) groups excluding carboxylic acids is 1. The van der Waals surface area contributed by atoms with E-state index in [1.165, 1.54) is 21.8 Å². The lowest BCUT2D eigenvalue weighted by Crippen LogP contribution is -2.16. The van der Waals surface area contributed by atoms with Gasteiger partial charge in [-0.3, -0.25) is 9.48 Å². The van der Waals surface area contributed by atoms with Crippen molar-refractivity contribution in [3.05, 3.63) is 66.9 Å². The summed E-state index contributed by atoms with van der Waals surface area (Å²) in [6.45, 7) is 0. The Balaban J connectivity index is 1.53. The van der Waals surface area contributed by atoms with Crippen molar-refractivity contribution in [3.8, 4) is 23.0 Å². The van der Waals surface area contributed by atoms with Gasteiger partial charge in [0.15, 0.2) is 0 Å². The second-order valence-corrected chi connectivity index (χ2v) is 5.95. The summed E-state index contributed by atoms with van der Waals surface area (Å²) in [4.78, 5) is 21.0. The van der Waals surface area contributed by atoms with E-state index in [1.54, 1.807) is 38.7 Å². The molecule has 3 heterocycles. The highest BCUT2D eigenvalue weighted by atomic mass is 16.5. The number of nitrogens with zero attached hydrogens (tertiary/aromatic N) is 6. The van der Waals surface area contributed by atoms with Crippen LogP contribution < -0.4 is 10.1 Å². The molecule has 9 heteroatoms. The first-order valence-corrected chi connectivity index (χ1v) is 8.46. The smallest absolute Gasteiger partial charge is 0.274 e. The molecule has 0 aliphatic carbocycles. The van der Waals surface area contributed by atoms with Crippen molar-refractivity contribution >= 4 is 11.6 Å². The molecule has 1 amide bonds. The standard InChI is InChI=1S/C19H17N7O2/c1-25-17(10-16(24-25)13-5-3-6-15(9-13)28-2)18(27)23-14-11-20-19(21-12-14)26-8-4-7-22-26/h3-12H,1-2H3,(H,23,27). The number of benzene rings is 1. The van der Waals surface area contributed by atoms with Crippen LogP contribution in [0.1, 0.15) is 10.5 Å². The molecule has 4 aromatic rings. The second-order valence-electron chi connectivity index (χ2n) is 5.95. The molecular weight excluding hydrogens is 358 g/mol. The lowest BCUT2D eigenvalue weighted by molar-refractivity contribution is 0.101. The third-order valence-corrected chi connectivity index (χ3v) is 4.08. The van der Waals surface area contributed by atoms with Crippen LogP contribution in [0.5, 0.6) is 5.75 Å². The van der Waals surface area contributed by atoms with E-state index in [2.05, 4.69) is 25.5 Å². The maximum Gasteiger partial charge on any atom is 0.274 e. The molecule has 0 aliphatic heterocycles. The predicted octanol–water partition coefficient (Wildman–Crippen LogP) is 2.32. The molecular formula is C19H17N7O2. The number of aryl methyl sites for hydroxylation is 1. The van der Waals surface area contributed by atoms with Crippen molar-refractivity contribution in [1.82, 2.24) is 29.5 Å². The minimum absolute atomic E-state index is 0.306. The Morgan fingerprint density at radius 3 is 2.68 bits per heavy atom. The summed E-state index contributed by atoms with van der Waals surface area (Å²) in [5.74, 6) is 0.840. The number of hydrogen-bond acceptors (Lipinski definition) is 6. The summed E-state index contributed by atoms with van der Waals surface area (Å²) in [5.41, 5.74) is 2.43. The molecule has 0 bridgehead atoms. The molecule has 140 valence electrons. The maximum absolute atomic E-state index is 12.6. The number of ether oxygens (including phenoxy) is 1. The second kappa shape index (κ2) is 7.31. The van der Waals surface area contributed by atoms with Crippen LogP contribution in [0.25, 0.3) is 17.2 Å². The van der Waals surface area contributed by atoms with Crippen LogP contribution in [0.15, 0.2) is 61.2 Å². The van der Waals surface area contributed by atoms with Gasteiger partial charge in [0.25, 0.3) is 11.9 Å². The monoisotopic (exact) mass is 375 g/mol. The van der Waals surface area contributed by atoms with Gasteiger partial charge < -0.3 is 10.1 Å². The van der Waals surface area contributed by atoms with Crippen molar-refractivity contribution in [2.24, 2.45) is 7.05 Å². The SMILES string of the molecule is COc1cccc(-c2cc(C(=O)Nc3cnc(-n4cccn4)nc3)n(C)n2)c1. The van der Waals surface area contributed by atoms with Crippen molar-refractivity contribution in [2.45, 2.75) is 0 Å². The van der Waals surface area contributed by atoms with E-state index in [-0.39, 0.29) is 5.91 Å². The Morgan fingerprint density at radius 2 is 1.96 bits per heavy atom. The molecule has 0 aliphatic rings. The van der Waals surface area contributed by atoms with Crippen LogP contribution in [-0.4, -0.2) is 42.5 Å². The van der Waals surface area contributed by atoms with E-state index >= 15 is 0 Å². The van der Waals surface area contributed by atoms with Crippen molar-refractivity contribution in [1.29, 1.82) is 0 Å². The van der Waals surface area contributed by atoms with Crippen LogP contribution in [-0.2, 0) is 7.05 Å². The Labute approximate surface area is 160 Å². The number of aromatic nitrogens is 6. The predicted molar refractivity (Wildman–Crippen MR) is 102 cm³/mol. The zero-order valence-electron chi connectivity index (χ0n) is 15.3. The van der Waals surface area contributed by atoms with Gasteiger partial charge in [0.05, 0.1) is 30.9 Å². The lowest BCUT2D eigenvalue weighted by Gasteiger charge is -2.05. The topological polar surface area (TPSA) is 99.7 Å². The normalized spacial score (nSPS) is 10.6. The van der Waals surface area contributed by atoms with Crippen molar-refractivity contribution < 1.29 is 9.53 Å². The number of hydrogen-bond donors (Lipinski definition) is 1. The van der Waals surface area contributed by atoms with E-state index < -0.39 is 0 Å². The molecule has 3 aromatic heterocycles. The van der Waals surface area contributed by atoms with Gasteiger partial charge in [-0.2, -0.15) is 10.2 Å². The Bertz CT molecular complexity index is 1100. The Kier molecular flexibility index (Phi) is 4.55. The van der Waals surface area contributed by atoms with E-state index in [1.807, 2.05) is 24.3 Å². The molecule has 1 aromatic carbocycles. The van der Waals surface area contributed by atoms with E-state index in [0.717, 1.165) is 11.3 Å². The fourth-order valence-corrected chi connectivity index (χ4v) is 2.69. The van der Waals surface area contributed by atoms with Gasteiger partial charge in [0.1, 0.15) is 11.4 Å². The average Bonchev–Trinajstić information content (AvgIpc) is 3.38. The number of nitrogens with one attached hydrogen (secondary N) is 1. The van der Waals surface area contributed by atoms with Gasteiger partial charge >= 0.3 is 0 Å². The first-order valence-electron chi connectivity index (χ1n) is 8.46. The number of amides is 1. The van der Waals surface area contributed by atoms with Gasteiger partial charge in [-0.25, -0.2) is 14.6 Å². The summed E-state index contributed by atoms with van der Waals surface area (Å²) < 4.78 is 8.31. The summed E-state index contributed by atoms with van der Waals surface area (Å²) in [6.07, 6.45) is 6.44. The minimum Gasteiger partial charge on any atom is -0.497 e. The number of anilines is 1. The van der Waals surface area contributed by atoms with Gasteiger partial charge in [-0.1, -0.05) is 12.1 Å². The molecule has 0 atom stereocenters. The molecule has 0 unspecified atom stereocenters. The van der Waals surface area contributed by atoms with E-state index in [0.29, 0.717) is 23.0 Å². The summed E-state index contributed by atoms with van der Waals surface area (Å²) >= 11 is 0.